The smallest absolute Gasteiger partial charge is 0.257 e. The summed E-state index contributed by atoms with van der Waals surface area (Å²) in [5, 5.41) is 4.65. The second-order valence-electron chi connectivity index (χ2n) is 6.72. The average molecular weight is 350 g/mol. The Morgan fingerprint density at radius 2 is 2.08 bits per heavy atom. The summed E-state index contributed by atoms with van der Waals surface area (Å²) in [6.45, 7) is 3.92. The van der Waals surface area contributed by atoms with Crippen LogP contribution in [0.2, 0.25) is 0 Å². The van der Waals surface area contributed by atoms with Crippen molar-refractivity contribution in [2.45, 2.75) is 13.3 Å². The van der Waals surface area contributed by atoms with Crippen molar-refractivity contribution >= 4 is 5.91 Å². The molecule has 0 bridgehead atoms. The van der Waals surface area contributed by atoms with Crippen molar-refractivity contribution in [3.8, 4) is 17.1 Å². The van der Waals surface area contributed by atoms with Gasteiger partial charge in [-0.05, 0) is 50.1 Å². The van der Waals surface area contributed by atoms with E-state index in [4.69, 9.17) is 10.2 Å². The van der Waals surface area contributed by atoms with Crippen LogP contribution < -0.4 is 5.73 Å². The fourth-order valence-corrected chi connectivity index (χ4v) is 3.37. The summed E-state index contributed by atoms with van der Waals surface area (Å²) in [4.78, 5) is 15.0. The fourth-order valence-electron chi connectivity index (χ4n) is 3.37. The molecule has 1 saturated heterocycles. The molecular formula is C20H22N4O2. The lowest BCUT2D eigenvalue weighted by atomic mass is 10.1. The van der Waals surface area contributed by atoms with E-state index in [2.05, 4.69) is 5.10 Å². The van der Waals surface area contributed by atoms with Crippen LogP contribution in [-0.4, -0.2) is 40.2 Å². The number of nitrogens with zero attached hydrogens (tertiary/aromatic N) is 3. The van der Waals surface area contributed by atoms with Gasteiger partial charge in [-0.1, -0.05) is 18.2 Å². The number of benzene rings is 1. The lowest BCUT2D eigenvalue weighted by molar-refractivity contribution is 0.0788. The third kappa shape index (κ3) is 3.04. The van der Waals surface area contributed by atoms with Gasteiger partial charge in [0.1, 0.15) is 11.5 Å². The highest BCUT2D eigenvalue weighted by Gasteiger charge is 2.30. The molecule has 0 saturated carbocycles. The number of nitrogens with two attached hydrogens (primary N) is 1. The highest BCUT2D eigenvalue weighted by molar-refractivity contribution is 5.99. The SMILES string of the molecule is Cc1ccc(-c2nn(-c3ccccc3)cc2C(=O)N2CC[C@H](CN)C2)o1. The Morgan fingerprint density at radius 3 is 2.73 bits per heavy atom. The molecule has 0 aliphatic carbocycles. The molecule has 4 rings (SSSR count). The first-order valence-electron chi connectivity index (χ1n) is 8.87. The molecule has 0 unspecified atom stereocenters. The number of furan rings is 1. The predicted molar refractivity (Wildman–Crippen MR) is 99.1 cm³/mol. The molecule has 3 heterocycles. The summed E-state index contributed by atoms with van der Waals surface area (Å²) in [5.74, 6) is 1.75. The van der Waals surface area contributed by atoms with Crippen molar-refractivity contribution in [3.63, 3.8) is 0 Å². The van der Waals surface area contributed by atoms with Crippen LogP contribution in [0.15, 0.2) is 53.1 Å². The van der Waals surface area contributed by atoms with Crippen LogP contribution in [0.3, 0.4) is 0 Å². The van der Waals surface area contributed by atoms with Crippen LogP contribution in [-0.2, 0) is 0 Å². The molecule has 2 N–H and O–H groups in total. The van der Waals surface area contributed by atoms with Crippen LogP contribution >= 0.6 is 0 Å². The van der Waals surface area contributed by atoms with Gasteiger partial charge in [0.2, 0.25) is 0 Å². The molecule has 1 fully saturated rings. The molecule has 3 aromatic rings. The summed E-state index contributed by atoms with van der Waals surface area (Å²) in [5.41, 5.74) is 7.80. The van der Waals surface area contributed by atoms with Crippen LogP contribution in [0.5, 0.6) is 0 Å². The maximum Gasteiger partial charge on any atom is 0.257 e. The first-order chi connectivity index (χ1) is 12.7. The fraction of sp³-hybridized carbons (Fsp3) is 0.300. The predicted octanol–water partition coefficient (Wildman–Crippen LogP) is 2.86. The summed E-state index contributed by atoms with van der Waals surface area (Å²) in [6.07, 6.45) is 2.74. The second kappa shape index (κ2) is 6.80. The molecule has 2 aromatic heterocycles. The van der Waals surface area contributed by atoms with E-state index in [1.165, 1.54) is 0 Å². The topological polar surface area (TPSA) is 77.3 Å². The zero-order valence-electron chi connectivity index (χ0n) is 14.8. The lowest BCUT2D eigenvalue weighted by Gasteiger charge is -2.15. The molecule has 1 aliphatic heterocycles. The van der Waals surface area contributed by atoms with E-state index in [1.54, 1.807) is 10.9 Å². The Morgan fingerprint density at radius 1 is 1.27 bits per heavy atom. The van der Waals surface area contributed by atoms with Crippen molar-refractivity contribution in [2.24, 2.45) is 11.7 Å². The van der Waals surface area contributed by atoms with E-state index < -0.39 is 0 Å². The number of hydrogen-bond acceptors (Lipinski definition) is 4. The van der Waals surface area contributed by atoms with E-state index in [9.17, 15) is 4.79 Å². The first kappa shape index (κ1) is 16.6. The van der Waals surface area contributed by atoms with Crippen molar-refractivity contribution in [3.05, 3.63) is 60.0 Å². The summed E-state index contributed by atoms with van der Waals surface area (Å²) in [6, 6.07) is 13.5. The van der Waals surface area contributed by atoms with E-state index in [0.717, 1.165) is 24.4 Å². The van der Waals surface area contributed by atoms with E-state index in [1.807, 2.05) is 54.3 Å². The molecule has 1 atom stereocenters. The molecule has 6 nitrogen and oxygen atoms in total. The lowest BCUT2D eigenvalue weighted by Crippen LogP contribution is -2.30. The number of carbonyl (C=O) groups excluding carboxylic acids is 1. The van der Waals surface area contributed by atoms with Crippen molar-refractivity contribution in [2.75, 3.05) is 19.6 Å². The Hall–Kier alpha value is -2.86. The second-order valence-corrected chi connectivity index (χ2v) is 6.72. The largest absolute Gasteiger partial charge is 0.460 e. The van der Waals surface area contributed by atoms with Crippen molar-refractivity contribution in [1.82, 2.24) is 14.7 Å². The number of likely N-dealkylation sites (tertiary alicyclic amines) is 1. The van der Waals surface area contributed by atoms with Gasteiger partial charge in [0.25, 0.3) is 5.91 Å². The van der Waals surface area contributed by atoms with Gasteiger partial charge in [-0.25, -0.2) is 4.68 Å². The Kier molecular flexibility index (Phi) is 4.34. The zero-order valence-corrected chi connectivity index (χ0v) is 14.8. The molecular weight excluding hydrogens is 328 g/mol. The minimum atomic E-state index is -0.0211. The van der Waals surface area contributed by atoms with E-state index >= 15 is 0 Å². The van der Waals surface area contributed by atoms with Crippen LogP contribution in [0.1, 0.15) is 22.5 Å². The number of para-hydroxylation sites is 1. The van der Waals surface area contributed by atoms with Gasteiger partial charge in [0, 0.05) is 19.3 Å². The highest BCUT2D eigenvalue weighted by atomic mass is 16.3. The Balaban J connectivity index is 1.74. The van der Waals surface area contributed by atoms with Gasteiger partial charge in [-0.15, -0.1) is 0 Å². The van der Waals surface area contributed by atoms with Gasteiger partial charge in [-0.3, -0.25) is 4.79 Å². The first-order valence-corrected chi connectivity index (χ1v) is 8.87. The number of hydrogen-bond donors (Lipinski definition) is 1. The van der Waals surface area contributed by atoms with Crippen molar-refractivity contribution in [1.29, 1.82) is 0 Å². The Labute approximate surface area is 152 Å². The van der Waals surface area contributed by atoms with Gasteiger partial charge in [0.05, 0.1) is 11.3 Å². The molecule has 26 heavy (non-hydrogen) atoms. The average Bonchev–Trinajstić information content (AvgIpc) is 3.40. The van der Waals surface area contributed by atoms with E-state index in [0.29, 0.717) is 36.0 Å². The van der Waals surface area contributed by atoms with Crippen LogP contribution in [0, 0.1) is 12.8 Å². The van der Waals surface area contributed by atoms with Crippen molar-refractivity contribution < 1.29 is 9.21 Å². The molecule has 0 radical (unpaired) electrons. The number of aryl methyl sites for hydroxylation is 1. The summed E-state index contributed by atoms with van der Waals surface area (Å²) in [7, 11) is 0. The number of aromatic nitrogens is 2. The summed E-state index contributed by atoms with van der Waals surface area (Å²) < 4.78 is 7.48. The normalized spacial score (nSPS) is 17.0. The number of rotatable bonds is 4. The highest BCUT2D eigenvalue weighted by Crippen LogP contribution is 2.28. The number of amides is 1. The maximum atomic E-state index is 13.1. The molecule has 0 spiro atoms. The third-order valence-corrected chi connectivity index (χ3v) is 4.85. The van der Waals surface area contributed by atoms with Gasteiger partial charge in [-0.2, -0.15) is 5.10 Å². The van der Waals surface area contributed by atoms with Crippen LogP contribution in [0.25, 0.3) is 17.1 Å². The van der Waals surface area contributed by atoms with Gasteiger partial charge in [0.15, 0.2) is 5.76 Å². The molecule has 1 aliphatic rings. The zero-order chi connectivity index (χ0) is 18.1. The monoisotopic (exact) mass is 350 g/mol. The number of carbonyl (C=O) groups is 1. The molecule has 6 heteroatoms. The van der Waals surface area contributed by atoms with Gasteiger partial charge >= 0.3 is 0 Å². The Bertz CT molecular complexity index is 913. The summed E-state index contributed by atoms with van der Waals surface area (Å²) >= 11 is 0. The van der Waals surface area contributed by atoms with E-state index in [-0.39, 0.29) is 5.91 Å². The molecule has 134 valence electrons. The third-order valence-electron chi connectivity index (χ3n) is 4.85. The minimum Gasteiger partial charge on any atom is -0.460 e. The molecule has 1 aromatic carbocycles. The van der Waals surface area contributed by atoms with Crippen LogP contribution in [0.4, 0.5) is 0 Å². The maximum absolute atomic E-state index is 13.1. The minimum absolute atomic E-state index is 0.0211. The quantitative estimate of drug-likeness (QED) is 0.785. The molecule has 1 amide bonds. The standard InChI is InChI=1S/C20H22N4O2/c1-14-7-8-18(26-14)19-17(20(25)23-10-9-15(11-21)12-23)13-24(22-19)16-5-3-2-4-6-16/h2-8,13,15H,9-12,21H2,1H3/t15-/m1/s1. The van der Waals surface area contributed by atoms with Gasteiger partial charge < -0.3 is 15.1 Å².